The highest BCUT2D eigenvalue weighted by Gasteiger charge is 1.94. The van der Waals surface area contributed by atoms with Crippen molar-refractivity contribution in [2.75, 3.05) is 19.8 Å². The van der Waals surface area contributed by atoms with E-state index in [2.05, 4.69) is 26.0 Å². The number of hydrogen-bond acceptors (Lipinski definition) is 2. The summed E-state index contributed by atoms with van der Waals surface area (Å²) in [5.41, 5.74) is 1.27. The summed E-state index contributed by atoms with van der Waals surface area (Å²) in [4.78, 5) is 0. The van der Waals surface area contributed by atoms with Gasteiger partial charge in [0.1, 0.15) is 5.75 Å². The van der Waals surface area contributed by atoms with E-state index >= 15 is 0 Å². The molecule has 0 atom stereocenters. The smallest absolute Gasteiger partial charge is 0.119 e. The van der Waals surface area contributed by atoms with Crippen LogP contribution in [0.15, 0.2) is 24.3 Å². The third kappa shape index (κ3) is 7.23. The minimum absolute atomic E-state index is 0.663. The van der Waals surface area contributed by atoms with Gasteiger partial charge in [-0.25, -0.2) is 0 Å². The Morgan fingerprint density at radius 3 is 2.33 bits per heavy atom. The largest absolute Gasteiger partial charge is 0.494 e. The van der Waals surface area contributed by atoms with Gasteiger partial charge >= 0.3 is 0 Å². The van der Waals surface area contributed by atoms with Crippen molar-refractivity contribution in [1.82, 2.24) is 0 Å². The van der Waals surface area contributed by atoms with Crippen molar-refractivity contribution < 1.29 is 9.47 Å². The highest BCUT2D eigenvalue weighted by molar-refractivity contribution is 5.26. The van der Waals surface area contributed by atoms with Crippen LogP contribution in [0.2, 0.25) is 0 Å². The molecule has 0 radical (unpaired) electrons. The molecule has 2 heteroatoms. The minimum Gasteiger partial charge on any atom is -0.494 e. The van der Waals surface area contributed by atoms with Crippen molar-refractivity contribution in [3.8, 4) is 5.75 Å². The molecule has 0 aliphatic heterocycles. The lowest BCUT2D eigenvalue weighted by Crippen LogP contribution is -1.99. The molecule has 0 saturated heterocycles. The number of hydrogen-bond donors (Lipinski definition) is 0. The Morgan fingerprint density at radius 1 is 1.00 bits per heavy atom. The fourth-order valence-electron chi connectivity index (χ4n) is 1.65. The van der Waals surface area contributed by atoms with E-state index in [-0.39, 0.29) is 0 Å². The number of aryl methyl sites for hydroxylation is 1. The molecule has 0 heterocycles. The first-order valence-corrected chi connectivity index (χ1v) is 6.71. The molecule has 1 rings (SSSR count). The number of ether oxygens (including phenoxy) is 2. The number of benzene rings is 1. The maximum Gasteiger partial charge on any atom is 0.119 e. The predicted molar refractivity (Wildman–Crippen MR) is 75.6 cm³/mol. The average molecular weight is 248 g/mol. The first-order chi connectivity index (χ1) is 8.83. The summed E-state index contributed by atoms with van der Waals surface area (Å²) >= 11 is 0. The van der Waals surface area contributed by atoms with E-state index in [4.69, 9.17) is 9.47 Å². The molecule has 2 nitrogen and oxygen atoms in total. The molecular formula is C16H24O2. The molecule has 100 valence electrons. The molecule has 1 aromatic rings. The Balaban J connectivity index is 1.91. The lowest BCUT2D eigenvalue weighted by Gasteiger charge is -2.07. The normalized spacial score (nSPS) is 10.5. The van der Waals surface area contributed by atoms with Gasteiger partial charge < -0.3 is 9.47 Å². The van der Waals surface area contributed by atoms with Gasteiger partial charge in [0.05, 0.1) is 6.61 Å². The van der Waals surface area contributed by atoms with Crippen molar-refractivity contribution in [1.29, 1.82) is 0 Å². The third-order valence-corrected chi connectivity index (χ3v) is 2.71. The molecule has 0 aromatic heterocycles. The highest BCUT2D eigenvalue weighted by Crippen LogP contribution is 2.12. The molecule has 18 heavy (non-hydrogen) atoms. The van der Waals surface area contributed by atoms with Crippen LogP contribution in [0.4, 0.5) is 0 Å². The van der Waals surface area contributed by atoms with Gasteiger partial charge in [-0.3, -0.25) is 0 Å². The molecule has 0 saturated carbocycles. The predicted octanol–water partition coefficient (Wildman–Crippen LogP) is 3.99. The van der Waals surface area contributed by atoms with Crippen molar-refractivity contribution in [2.45, 2.75) is 32.6 Å². The van der Waals surface area contributed by atoms with Gasteiger partial charge in [-0.1, -0.05) is 31.0 Å². The van der Waals surface area contributed by atoms with Gasteiger partial charge in [0.2, 0.25) is 0 Å². The van der Waals surface area contributed by atoms with Gasteiger partial charge in [0.25, 0.3) is 0 Å². The number of rotatable bonds is 10. The van der Waals surface area contributed by atoms with E-state index in [1.54, 1.807) is 6.42 Å². The van der Waals surface area contributed by atoms with E-state index in [0.717, 1.165) is 31.8 Å². The van der Waals surface area contributed by atoms with Gasteiger partial charge in [0.15, 0.2) is 0 Å². The van der Waals surface area contributed by atoms with Gasteiger partial charge in [0, 0.05) is 6.61 Å². The van der Waals surface area contributed by atoms with Crippen molar-refractivity contribution >= 4 is 0 Å². The zero-order valence-corrected chi connectivity index (χ0v) is 11.4. The average Bonchev–Trinajstić information content (AvgIpc) is 2.39. The van der Waals surface area contributed by atoms with E-state index in [0.29, 0.717) is 6.61 Å². The van der Waals surface area contributed by atoms with Crippen LogP contribution in [0.25, 0.3) is 0 Å². The highest BCUT2D eigenvalue weighted by atomic mass is 16.5. The van der Waals surface area contributed by atoms with E-state index in [1.165, 1.54) is 18.4 Å². The maximum atomic E-state index is 5.66. The summed E-state index contributed by atoms with van der Waals surface area (Å²) in [6, 6.07) is 8.20. The second kappa shape index (κ2) is 9.84. The second-order valence-electron chi connectivity index (χ2n) is 4.44. The van der Waals surface area contributed by atoms with E-state index in [9.17, 15) is 0 Å². The van der Waals surface area contributed by atoms with Crippen LogP contribution in [-0.2, 0) is 4.74 Å². The Labute approximate surface area is 111 Å². The molecule has 0 aliphatic carbocycles. The zero-order valence-electron chi connectivity index (χ0n) is 11.4. The van der Waals surface area contributed by atoms with Crippen LogP contribution >= 0.6 is 0 Å². The first-order valence-electron chi connectivity index (χ1n) is 6.71. The topological polar surface area (TPSA) is 18.5 Å². The monoisotopic (exact) mass is 248 g/mol. The lowest BCUT2D eigenvalue weighted by atomic mass is 10.2. The molecule has 0 N–H and O–H groups in total. The summed E-state index contributed by atoms with van der Waals surface area (Å²) in [5.74, 6) is 0.968. The summed E-state index contributed by atoms with van der Waals surface area (Å²) in [6.45, 7) is 8.00. The summed E-state index contributed by atoms with van der Waals surface area (Å²) in [7, 11) is 0. The van der Waals surface area contributed by atoms with Crippen LogP contribution < -0.4 is 4.74 Å². The van der Waals surface area contributed by atoms with E-state index in [1.807, 2.05) is 12.1 Å². The Kier molecular flexibility index (Phi) is 8.15. The first kappa shape index (κ1) is 14.9. The minimum atomic E-state index is 0.663. The van der Waals surface area contributed by atoms with Crippen LogP contribution in [0.3, 0.4) is 0 Å². The fourth-order valence-corrected chi connectivity index (χ4v) is 1.65. The Bertz CT molecular complexity index is 292. The standard InChI is InChI=1S/C16H24O2/c1-3-12-17-13-6-4-5-7-14-18-16-10-8-15(2)9-11-16/h3,8-11H,1,4-7,12-14H2,2H3. The molecule has 0 bridgehead atoms. The summed E-state index contributed by atoms with van der Waals surface area (Å²) in [5, 5.41) is 0. The van der Waals surface area contributed by atoms with Crippen LogP contribution in [0, 0.1) is 20.3 Å². The van der Waals surface area contributed by atoms with Crippen LogP contribution in [-0.4, -0.2) is 19.8 Å². The summed E-state index contributed by atoms with van der Waals surface area (Å²) in [6.07, 6.45) is 6.42. The molecular weight excluding hydrogens is 224 g/mol. The summed E-state index contributed by atoms with van der Waals surface area (Å²) < 4.78 is 11.0. The van der Waals surface area contributed by atoms with E-state index < -0.39 is 0 Å². The van der Waals surface area contributed by atoms with Crippen molar-refractivity contribution in [2.24, 2.45) is 0 Å². The fraction of sp³-hybridized carbons (Fsp3) is 0.500. The Hall–Kier alpha value is -1.15. The van der Waals surface area contributed by atoms with Crippen molar-refractivity contribution in [3.05, 3.63) is 43.2 Å². The van der Waals surface area contributed by atoms with Gasteiger partial charge in [-0.2, -0.15) is 0 Å². The van der Waals surface area contributed by atoms with Crippen molar-refractivity contribution in [3.63, 3.8) is 0 Å². The third-order valence-electron chi connectivity index (χ3n) is 2.71. The maximum absolute atomic E-state index is 5.66. The van der Waals surface area contributed by atoms with Gasteiger partial charge in [-0.05, 0) is 44.9 Å². The molecule has 0 unspecified atom stereocenters. The Morgan fingerprint density at radius 2 is 1.67 bits per heavy atom. The van der Waals surface area contributed by atoms with Crippen LogP contribution in [0.5, 0.6) is 5.75 Å². The molecule has 0 spiro atoms. The molecule has 0 amide bonds. The SMILES string of the molecule is [CH2+][CH-]COCCCCCCOc1ccc(C)cc1. The zero-order chi connectivity index (χ0) is 13.1. The number of unbranched alkanes of at least 4 members (excludes halogenated alkanes) is 3. The molecule has 1 aromatic carbocycles. The quantitative estimate of drug-likeness (QED) is 0.460. The van der Waals surface area contributed by atoms with Crippen LogP contribution in [0.1, 0.15) is 31.2 Å². The molecule has 0 fully saturated rings. The lowest BCUT2D eigenvalue weighted by molar-refractivity contribution is 0.150. The molecule has 0 aliphatic rings. The second-order valence-corrected chi connectivity index (χ2v) is 4.44. The van der Waals surface area contributed by atoms with Gasteiger partial charge in [-0.15, -0.1) is 6.42 Å².